The van der Waals surface area contributed by atoms with Gasteiger partial charge in [0.25, 0.3) is 0 Å². The van der Waals surface area contributed by atoms with Crippen molar-refractivity contribution in [3.8, 4) is 0 Å². The van der Waals surface area contributed by atoms with E-state index in [1.165, 1.54) is 23.5 Å². The first kappa shape index (κ1) is 23.8. The lowest BCUT2D eigenvalue weighted by molar-refractivity contribution is -0.174. The fourth-order valence-electron chi connectivity index (χ4n) is 3.61. The van der Waals surface area contributed by atoms with E-state index in [0.29, 0.717) is 22.5 Å². The van der Waals surface area contributed by atoms with E-state index in [9.17, 15) is 27.6 Å². The lowest BCUT2D eigenvalue weighted by Crippen LogP contribution is -2.40. The number of esters is 1. The van der Waals surface area contributed by atoms with Crippen LogP contribution in [0.15, 0.2) is 30.3 Å². The number of thiophene rings is 1. The van der Waals surface area contributed by atoms with Crippen molar-refractivity contribution in [1.29, 1.82) is 0 Å². The standard InChI is InChI=1S/C22H23F3N2O4S/c1-2-31-20(29)18-14-10-6-7-11-16(14)32-19(18)27-17(28)12-15(13-8-4-3-5-9-13)26-21(30)22(23,24)25/h3-5,8-9,15H,2,6-7,10-12H2,1H3,(H,26,30)(H,27,28)/t15-/m0/s1. The fourth-order valence-corrected chi connectivity index (χ4v) is 4.91. The Balaban J connectivity index is 1.82. The maximum Gasteiger partial charge on any atom is 0.471 e. The molecule has 3 rings (SSSR count). The van der Waals surface area contributed by atoms with Gasteiger partial charge in [-0.15, -0.1) is 11.3 Å². The Morgan fingerprint density at radius 1 is 1.12 bits per heavy atom. The Kier molecular flexibility index (Phi) is 7.55. The summed E-state index contributed by atoms with van der Waals surface area (Å²) < 4.78 is 43.5. The van der Waals surface area contributed by atoms with Gasteiger partial charge < -0.3 is 15.4 Å². The van der Waals surface area contributed by atoms with Crippen LogP contribution in [0.3, 0.4) is 0 Å². The molecule has 172 valence electrons. The number of aryl methyl sites for hydroxylation is 1. The molecule has 1 heterocycles. The summed E-state index contributed by atoms with van der Waals surface area (Å²) in [5, 5.41) is 4.88. The third-order valence-corrected chi connectivity index (χ3v) is 6.27. The quantitative estimate of drug-likeness (QED) is 0.584. The average molecular weight is 468 g/mol. The molecule has 0 fully saturated rings. The molecular formula is C22H23F3N2O4S. The third kappa shape index (κ3) is 5.67. The third-order valence-electron chi connectivity index (χ3n) is 5.06. The first-order valence-corrected chi connectivity index (χ1v) is 11.1. The minimum Gasteiger partial charge on any atom is -0.462 e. The summed E-state index contributed by atoms with van der Waals surface area (Å²) in [6.45, 7) is 1.86. The molecule has 32 heavy (non-hydrogen) atoms. The van der Waals surface area contributed by atoms with Crippen LogP contribution in [0.25, 0.3) is 0 Å². The first-order chi connectivity index (χ1) is 15.2. The van der Waals surface area contributed by atoms with Gasteiger partial charge in [-0.1, -0.05) is 30.3 Å². The molecule has 2 aromatic rings. The normalized spacial score (nSPS) is 14.2. The number of hydrogen-bond acceptors (Lipinski definition) is 5. The number of rotatable bonds is 7. The molecular weight excluding hydrogens is 445 g/mol. The van der Waals surface area contributed by atoms with Crippen LogP contribution in [0.4, 0.5) is 18.2 Å². The predicted molar refractivity (Wildman–Crippen MR) is 114 cm³/mol. The van der Waals surface area contributed by atoms with Crippen molar-refractivity contribution >= 4 is 34.1 Å². The minimum atomic E-state index is -5.08. The number of alkyl halides is 3. The van der Waals surface area contributed by atoms with Crippen molar-refractivity contribution in [1.82, 2.24) is 5.32 Å². The second kappa shape index (κ2) is 10.2. The topological polar surface area (TPSA) is 84.5 Å². The smallest absolute Gasteiger partial charge is 0.462 e. The number of hydrogen-bond donors (Lipinski definition) is 2. The molecule has 1 aromatic heterocycles. The number of carbonyl (C=O) groups excluding carboxylic acids is 3. The van der Waals surface area contributed by atoms with Crippen molar-refractivity contribution in [3.05, 3.63) is 51.9 Å². The number of nitrogens with one attached hydrogen (secondary N) is 2. The Morgan fingerprint density at radius 2 is 1.81 bits per heavy atom. The Bertz CT molecular complexity index is 989. The van der Waals surface area contributed by atoms with Crippen LogP contribution < -0.4 is 10.6 Å². The molecule has 0 saturated heterocycles. The van der Waals surface area contributed by atoms with E-state index in [4.69, 9.17) is 4.74 Å². The highest BCUT2D eigenvalue weighted by Crippen LogP contribution is 2.39. The lowest BCUT2D eigenvalue weighted by atomic mass is 9.95. The largest absolute Gasteiger partial charge is 0.471 e. The molecule has 1 aromatic carbocycles. The summed E-state index contributed by atoms with van der Waals surface area (Å²) >= 11 is 1.29. The molecule has 2 amide bonds. The Morgan fingerprint density at radius 3 is 2.47 bits per heavy atom. The van der Waals surface area contributed by atoms with E-state index >= 15 is 0 Å². The molecule has 0 aliphatic heterocycles. The van der Waals surface area contributed by atoms with Gasteiger partial charge >= 0.3 is 18.1 Å². The average Bonchev–Trinajstić information content (AvgIpc) is 3.11. The molecule has 0 bridgehead atoms. The predicted octanol–water partition coefficient (Wildman–Crippen LogP) is 4.55. The van der Waals surface area contributed by atoms with Crippen LogP contribution in [0.5, 0.6) is 0 Å². The number of halogens is 3. The van der Waals surface area contributed by atoms with E-state index in [1.807, 2.05) is 5.32 Å². The van der Waals surface area contributed by atoms with Crippen LogP contribution in [-0.4, -0.2) is 30.6 Å². The van der Waals surface area contributed by atoms with Crippen LogP contribution in [0.1, 0.15) is 58.6 Å². The summed E-state index contributed by atoms with van der Waals surface area (Å²) in [6, 6.07) is 6.75. The second-order valence-electron chi connectivity index (χ2n) is 7.32. The van der Waals surface area contributed by atoms with Gasteiger partial charge in [-0.3, -0.25) is 9.59 Å². The van der Waals surface area contributed by atoms with E-state index in [1.54, 1.807) is 25.1 Å². The van der Waals surface area contributed by atoms with Gasteiger partial charge in [-0.25, -0.2) is 4.79 Å². The molecule has 6 nitrogen and oxygen atoms in total. The minimum absolute atomic E-state index is 0.177. The summed E-state index contributed by atoms with van der Waals surface area (Å²) in [5.74, 6) is -3.28. The van der Waals surface area contributed by atoms with Gasteiger partial charge in [0.15, 0.2) is 0 Å². The molecule has 1 aliphatic carbocycles. The van der Waals surface area contributed by atoms with E-state index in [2.05, 4.69) is 5.32 Å². The van der Waals surface area contributed by atoms with Crippen molar-refractivity contribution in [3.63, 3.8) is 0 Å². The van der Waals surface area contributed by atoms with Gasteiger partial charge in [0.2, 0.25) is 5.91 Å². The van der Waals surface area contributed by atoms with Gasteiger partial charge in [0.05, 0.1) is 24.6 Å². The van der Waals surface area contributed by atoms with E-state index < -0.39 is 36.4 Å². The van der Waals surface area contributed by atoms with Crippen LogP contribution >= 0.6 is 11.3 Å². The van der Waals surface area contributed by atoms with E-state index in [-0.39, 0.29) is 6.61 Å². The van der Waals surface area contributed by atoms with Crippen molar-refractivity contribution < 1.29 is 32.3 Å². The fraction of sp³-hybridized carbons (Fsp3) is 0.409. The van der Waals surface area contributed by atoms with Gasteiger partial charge in [0.1, 0.15) is 5.00 Å². The summed E-state index contributed by atoms with van der Waals surface area (Å²) in [5.41, 5.74) is 1.53. The van der Waals surface area contributed by atoms with Crippen LogP contribution in [0, 0.1) is 0 Å². The van der Waals surface area contributed by atoms with Crippen molar-refractivity contribution in [2.45, 2.75) is 51.2 Å². The molecule has 1 aliphatic rings. The summed E-state index contributed by atoms with van der Waals surface area (Å²) in [6.07, 6.45) is -2.13. The molecule has 0 spiro atoms. The Labute approximate surface area is 187 Å². The van der Waals surface area contributed by atoms with Crippen molar-refractivity contribution in [2.24, 2.45) is 0 Å². The molecule has 10 heteroatoms. The highest BCUT2D eigenvalue weighted by atomic mass is 32.1. The monoisotopic (exact) mass is 468 g/mol. The highest BCUT2D eigenvalue weighted by Gasteiger charge is 2.40. The zero-order chi connectivity index (χ0) is 23.3. The zero-order valence-electron chi connectivity index (χ0n) is 17.4. The number of carbonyl (C=O) groups is 3. The molecule has 0 unspecified atom stereocenters. The number of fused-ring (bicyclic) bond motifs is 1. The maximum atomic E-state index is 12.8. The maximum absolute atomic E-state index is 12.8. The van der Waals surface area contributed by atoms with Crippen molar-refractivity contribution in [2.75, 3.05) is 11.9 Å². The number of benzene rings is 1. The SMILES string of the molecule is CCOC(=O)c1c(NC(=O)C[C@H](NC(=O)C(F)(F)F)c2ccccc2)sc2c1CCCC2. The number of ether oxygens (including phenoxy) is 1. The van der Waals surface area contributed by atoms with Crippen LogP contribution in [-0.2, 0) is 27.2 Å². The molecule has 0 radical (unpaired) electrons. The highest BCUT2D eigenvalue weighted by molar-refractivity contribution is 7.17. The second-order valence-corrected chi connectivity index (χ2v) is 8.43. The van der Waals surface area contributed by atoms with Gasteiger partial charge in [-0.2, -0.15) is 13.2 Å². The van der Waals surface area contributed by atoms with Gasteiger partial charge in [0, 0.05) is 4.88 Å². The first-order valence-electron chi connectivity index (χ1n) is 10.2. The van der Waals surface area contributed by atoms with Crippen LogP contribution in [0.2, 0.25) is 0 Å². The Hall–Kier alpha value is -2.88. The lowest BCUT2D eigenvalue weighted by Gasteiger charge is -2.20. The molecule has 0 saturated carbocycles. The summed E-state index contributed by atoms with van der Waals surface area (Å²) in [4.78, 5) is 37.8. The zero-order valence-corrected chi connectivity index (χ0v) is 18.2. The van der Waals surface area contributed by atoms with Gasteiger partial charge in [-0.05, 0) is 43.7 Å². The number of amides is 2. The molecule has 1 atom stereocenters. The van der Waals surface area contributed by atoms with E-state index in [0.717, 1.165) is 29.7 Å². The number of anilines is 1. The summed E-state index contributed by atoms with van der Waals surface area (Å²) in [7, 11) is 0. The molecule has 2 N–H and O–H groups in total.